The molecule has 0 amide bonds. The monoisotopic (exact) mass is 373 g/mol. The van der Waals surface area contributed by atoms with Crippen molar-refractivity contribution in [2.75, 3.05) is 26.6 Å². The van der Waals surface area contributed by atoms with Gasteiger partial charge in [-0.15, -0.1) is 0 Å². The topological polar surface area (TPSA) is 58.4 Å². The van der Waals surface area contributed by atoms with Crippen molar-refractivity contribution < 1.29 is 14.2 Å². The minimum atomic E-state index is -0.240. The summed E-state index contributed by atoms with van der Waals surface area (Å²) in [5, 5.41) is 4.45. The van der Waals surface area contributed by atoms with E-state index in [0.29, 0.717) is 20.0 Å². The molecule has 0 bridgehead atoms. The third kappa shape index (κ3) is 5.37. The minimum absolute atomic E-state index is 0.0202. The molecule has 2 unspecified atom stereocenters. The highest BCUT2D eigenvalue weighted by Crippen LogP contribution is 2.36. The second-order valence-electron chi connectivity index (χ2n) is 7.60. The highest BCUT2D eigenvalue weighted by atomic mass is 16.7. The highest BCUT2D eigenvalue weighted by Gasteiger charge is 2.43. The van der Waals surface area contributed by atoms with Crippen LogP contribution in [0.1, 0.15) is 44.7 Å². The maximum absolute atomic E-state index is 6.50. The van der Waals surface area contributed by atoms with Crippen molar-refractivity contribution in [2.24, 2.45) is 5.41 Å². The zero-order chi connectivity index (χ0) is 19.0. The summed E-state index contributed by atoms with van der Waals surface area (Å²) >= 11 is 0. The quantitative estimate of drug-likeness (QED) is 0.595. The lowest BCUT2D eigenvalue weighted by Crippen LogP contribution is -2.50. The van der Waals surface area contributed by atoms with Gasteiger partial charge in [0.2, 0.25) is 0 Å². The molecule has 6 heteroatoms. The van der Waals surface area contributed by atoms with Crippen molar-refractivity contribution in [3.8, 4) is 0 Å². The molecular weight excluding hydrogens is 342 g/mol. The first-order valence-corrected chi connectivity index (χ1v) is 9.88. The molecule has 1 saturated heterocycles. The molecule has 0 spiro atoms. The molecule has 0 saturated carbocycles. The predicted octanol–water partition coefficient (Wildman–Crippen LogP) is 3.65. The van der Waals surface area contributed by atoms with Crippen LogP contribution in [0.4, 0.5) is 0 Å². The molecule has 148 valence electrons. The van der Waals surface area contributed by atoms with Gasteiger partial charge in [0.15, 0.2) is 0 Å². The lowest BCUT2D eigenvalue weighted by atomic mass is 9.79. The molecule has 27 heavy (non-hydrogen) atoms. The van der Waals surface area contributed by atoms with Gasteiger partial charge in [0.05, 0.1) is 25.4 Å². The van der Waals surface area contributed by atoms with E-state index in [0.717, 1.165) is 19.4 Å². The third-order valence-corrected chi connectivity index (χ3v) is 5.18. The standard InChI is InChI=1S/C21H31N3O3/c1-3-4-8-11-27-20(21(2)13-25-17-26-14-21)19(24-16-22-15-23-24)12-18-9-6-5-7-10-18/h5-7,9-10,15-16,19-20H,3-4,8,11-14,17H2,1-2H3. The Morgan fingerprint density at radius 1 is 1.19 bits per heavy atom. The fourth-order valence-corrected chi connectivity index (χ4v) is 3.74. The van der Waals surface area contributed by atoms with Crippen molar-refractivity contribution in [1.82, 2.24) is 14.8 Å². The summed E-state index contributed by atoms with van der Waals surface area (Å²) in [6.45, 7) is 6.70. The molecule has 0 aliphatic carbocycles. The van der Waals surface area contributed by atoms with Crippen molar-refractivity contribution >= 4 is 0 Å². The fourth-order valence-electron chi connectivity index (χ4n) is 3.74. The smallest absolute Gasteiger partial charge is 0.146 e. The molecule has 0 N–H and O–H groups in total. The van der Waals surface area contributed by atoms with E-state index >= 15 is 0 Å². The third-order valence-electron chi connectivity index (χ3n) is 5.18. The first kappa shape index (κ1) is 20.0. The zero-order valence-electron chi connectivity index (χ0n) is 16.4. The van der Waals surface area contributed by atoms with E-state index in [9.17, 15) is 0 Å². The lowest BCUT2D eigenvalue weighted by Gasteiger charge is -2.43. The number of benzene rings is 1. The van der Waals surface area contributed by atoms with Crippen LogP contribution in [-0.4, -0.2) is 47.5 Å². The Balaban J connectivity index is 1.86. The summed E-state index contributed by atoms with van der Waals surface area (Å²) in [6, 6.07) is 10.5. The maximum Gasteiger partial charge on any atom is 0.146 e. The van der Waals surface area contributed by atoms with Crippen LogP contribution in [-0.2, 0) is 20.6 Å². The minimum Gasteiger partial charge on any atom is -0.375 e. The Bertz CT molecular complexity index is 642. The molecule has 3 rings (SSSR count). The Hall–Kier alpha value is -1.76. The predicted molar refractivity (Wildman–Crippen MR) is 103 cm³/mol. The van der Waals surface area contributed by atoms with Crippen LogP contribution in [0.2, 0.25) is 0 Å². The number of rotatable bonds is 10. The molecule has 1 aromatic heterocycles. The maximum atomic E-state index is 6.50. The average molecular weight is 373 g/mol. The number of hydrogen-bond acceptors (Lipinski definition) is 5. The van der Waals surface area contributed by atoms with Gasteiger partial charge < -0.3 is 14.2 Å². The van der Waals surface area contributed by atoms with Gasteiger partial charge >= 0.3 is 0 Å². The van der Waals surface area contributed by atoms with Gasteiger partial charge in [0, 0.05) is 12.0 Å². The molecule has 2 heterocycles. The second kappa shape index (κ2) is 9.97. The summed E-state index contributed by atoms with van der Waals surface area (Å²) in [6.07, 6.45) is 7.50. The zero-order valence-corrected chi connectivity index (χ0v) is 16.4. The summed E-state index contributed by atoms with van der Waals surface area (Å²) in [5.41, 5.74) is 1.01. The van der Waals surface area contributed by atoms with E-state index in [1.807, 2.05) is 10.7 Å². The number of ether oxygens (including phenoxy) is 3. The largest absolute Gasteiger partial charge is 0.375 e. The molecular formula is C21H31N3O3. The van der Waals surface area contributed by atoms with Crippen LogP contribution in [0.15, 0.2) is 43.0 Å². The van der Waals surface area contributed by atoms with Crippen molar-refractivity contribution in [1.29, 1.82) is 0 Å². The van der Waals surface area contributed by atoms with Crippen molar-refractivity contribution in [3.05, 3.63) is 48.5 Å². The van der Waals surface area contributed by atoms with Gasteiger partial charge in [-0.2, -0.15) is 5.10 Å². The van der Waals surface area contributed by atoms with Crippen LogP contribution >= 0.6 is 0 Å². The van der Waals surface area contributed by atoms with E-state index in [-0.39, 0.29) is 17.6 Å². The summed E-state index contributed by atoms with van der Waals surface area (Å²) in [5.74, 6) is 0. The molecule has 1 aliphatic rings. The first-order chi connectivity index (χ1) is 13.2. The van der Waals surface area contributed by atoms with Gasteiger partial charge in [-0.3, -0.25) is 0 Å². The Morgan fingerprint density at radius 2 is 1.96 bits per heavy atom. The number of nitrogens with zero attached hydrogens (tertiary/aromatic N) is 3. The highest BCUT2D eigenvalue weighted by molar-refractivity contribution is 5.16. The molecule has 2 aromatic rings. The average Bonchev–Trinajstić information content (AvgIpc) is 3.22. The van der Waals surface area contributed by atoms with E-state index in [1.54, 1.807) is 12.7 Å². The SMILES string of the molecule is CCCCCOC(C(Cc1ccccc1)n1cncn1)C1(C)COCOC1. The van der Waals surface area contributed by atoms with Gasteiger partial charge in [0.1, 0.15) is 19.4 Å². The number of hydrogen-bond donors (Lipinski definition) is 0. The Morgan fingerprint density at radius 3 is 2.63 bits per heavy atom. The normalized spacial score (nSPS) is 18.9. The van der Waals surface area contributed by atoms with E-state index in [2.05, 4.69) is 48.2 Å². The molecule has 0 radical (unpaired) electrons. The number of unbranched alkanes of at least 4 members (excludes halogenated alkanes) is 2. The number of aromatic nitrogens is 3. The first-order valence-electron chi connectivity index (χ1n) is 9.88. The van der Waals surface area contributed by atoms with Crippen LogP contribution < -0.4 is 0 Å². The Labute approximate surface area is 161 Å². The molecule has 1 aromatic carbocycles. The van der Waals surface area contributed by atoms with Crippen molar-refractivity contribution in [2.45, 2.75) is 51.7 Å². The Kier molecular flexibility index (Phi) is 7.38. The van der Waals surface area contributed by atoms with Gasteiger partial charge in [0.25, 0.3) is 0 Å². The summed E-state index contributed by atoms with van der Waals surface area (Å²) < 4.78 is 19.8. The van der Waals surface area contributed by atoms with Crippen molar-refractivity contribution in [3.63, 3.8) is 0 Å². The van der Waals surface area contributed by atoms with E-state index in [1.165, 1.54) is 18.4 Å². The van der Waals surface area contributed by atoms with Gasteiger partial charge in [-0.1, -0.05) is 57.0 Å². The van der Waals surface area contributed by atoms with Gasteiger partial charge in [-0.25, -0.2) is 9.67 Å². The van der Waals surface area contributed by atoms with Crippen LogP contribution in [0.3, 0.4) is 0 Å². The fraction of sp³-hybridized carbons (Fsp3) is 0.619. The van der Waals surface area contributed by atoms with Gasteiger partial charge in [-0.05, 0) is 18.4 Å². The molecule has 2 atom stereocenters. The van der Waals surface area contributed by atoms with Crippen LogP contribution in [0.5, 0.6) is 0 Å². The molecule has 6 nitrogen and oxygen atoms in total. The lowest BCUT2D eigenvalue weighted by molar-refractivity contribution is -0.207. The molecule has 1 aliphatic heterocycles. The van der Waals surface area contributed by atoms with Crippen LogP contribution in [0.25, 0.3) is 0 Å². The summed E-state index contributed by atoms with van der Waals surface area (Å²) in [4.78, 5) is 4.18. The van der Waals surface area contributed by atoms with E-state index in [4.69, 9.17) is 14.2 Å². The van der Waals surface area contributed by atoms with E-state index < -0.39 is 0 Å². The summed E-state index contributed by atoms with van der Waals surface area (Å²) in [7, 11) is 0. The second-order valence-corrected chi connectivity index (χ2v) is 7.60. The van der Waals surface area contributed by atoms with Crippen LogP contribution in [0, 0.1) is 5.41 Å². The molecule has 1 fully saturated rings.